The fraction of sp³-hybridized carbons (Fsp3) is 0.647. The van der Waals surface area contributed by atoms with E-state index in [1.807, 2.05) is 7.05 Å². The molecule has 0 bridgehead atoms. The fourth-order valence-corrected chi connectivity index (χ4v) is 2.89. The van der Waals surface area contributed by atoms with Crippen LogP contribution in [0.1, 0.15) is 25.0 Å². The van der Waals surface area contributed by atoms with Gasteiger partial charge in [0.05, 0.1) is 0 Å². The van der Waals surface area contributed by atoms with Crippen LogP contribution in [0.5, 0.6) is 0 Å². The van der Waals surface area contributed by atoms with E-state index < -0.39 is 0 Å². The molecule has 1 aliphatic rings. The Balaban J connectivity index is 1.90. The third-order valence-corrected chi connectivity index (χ3v) is 4.29. The highest BCUT2D eigenvalue weighted by molar-refractivity contribution is 5.27. The van der Waals surface area contributed by atoms with Crippen LogP contribution >= 0.6 is 0 Å². The van der Waals surface area contributed by atoms with Crippen molar-refractivity contribution in [2.24, 2.45) is 0 Å². The first kappa shape index (κ1) is 15.5. The molecule has 3 heteroatoms. The Morgan fingerprint density at radius 3 is 2.30 bits per heavy atom. The molecule has 0 aromatic heterocycles. The second-order valence-corrected chi connectivity index (χ2v) is 6.03. The van der Waals surface area contributed by atoms with Gasteiger partial charge in [-0.3, -0.25) is 9.80 Å². The smallest absolute Gasteiger partial charge is 0.0237 e. The highest BCUT2D eigenvalue weighted by atomic mass is 15.3. The Morgan fingerprint density at radius 2 is 1.70 bits per heavy atom. The number of hydrogen-bond donors (Lipinski definition) is 1. The van der Waals surface area contributed by atoms with Crippen LogP contribution in [0, 0.1) is 0 Å². The van der Waals surface area contributed by atoms with Crippen LogP contribution in [0.3, 0.4) is 0 Å². The Bertz CT molecular complexity index is 395. The van der Waals surface area contributed by atoms with Gasteiger partial charge < -0.3 is 5.32 Å². The Hall–Kier alpha value is -0.900. The zero-order valence-electron chi connectivity index (χ0n) is 13.2. The van der Waals surface area contributed by atoms with Gasteiger partial charge in [0.2, 0.25) is 0 Å². The minimum atomic E-state index is 0.681. The van der Waals surface area contributed by atoms with Gasteiger partial charge in [0.15, 0.2) is 0 Å². The van der Waals surface area contributed by atoms with E-state index in [0.717, 1.165) is 19.5 Å². The highest BCUT2D eigenvalue weighted by Crippen LogP contribution is 2.14. The number of likely N-dealkylation sites (N-methyl/N-ethyl adjacent to an activating group) is 1. The van der Waals surface area contributed by atoms with Gasteiger partial charge in [-0.05, 0) is 45.0 Å². The van der Waals surface area contributed by atoms with Crippen LogP contribution in [-0.4, -0.2) is 55.6 Å². The molecule has 0 spiro atoms. The van der Waals surface area contributed by atoms with Gasteiger partial charge >= 0.3 is 0 Å². The van der Waals surface area contributed by atoms with E-state index >= 15 is 0 Å². The summed E-state index contributed by atoms with van der Waals surface area (Å²) in [5, 5.41) is 3.25. The van der Waals surface area contributed by atoms with E-state index in [4.69, 9.17) is 0 Å². The highest BCUT2D eigenvalue weighted by Gasteiger charge is 2.19. The van der Waals surface area contributed by atoms with Crippen molar-refractivity contribution in [3.8, 4) is 0 Å². The number of piperazine rings is 1. The molecular weight excluding hydrogens is 246 g/mol. The van der Waals surface area contributed by atoms with Crippen molar-refractivity contribution in [1.82, 2.24) is 15.1 Å². The molecule has 0 radical (unpaired) electrons. The summed E-state index contributed by atoms with van der Waals surface area (Å²) in [4.78, 5) is 5.17. The summed E-state index contributed by atoms with van der Waals surface area (Å²) in [7, 11) is 2.02. The van der Waals surface area contributed by atoms with Gasteiger partial charge in [-0.15, -0.1) is 0 Å². The third-order valence-electron chi connectivity index (χ3n) is 4.29. The predicted molar refractivity (Wildman–Crippen MR) is 86.1 cm³/mol. The lowest BCUT2D eigenvalue weighted by Gasteiger charge is -2.37. The fourth-order valence-electron chi connectivity index (χ4n) is 2.89. The van der Waals surface area contributed by atoms with E-state index in [0.29, 0.717) is 6.04 Å². The van der Waals surface area contributed by atoms with Crippen LogP contribution < -0.4 is 5.32 Å². The van der Waals surface area contributed by atoms with Crippen molar-refractivity contribution in [3.63, 3.8) is 0 Å². The van der Waals surface area contributed by atoms with Crippen LogP contribution in [0.2, 0.25) is 0 Å². The maximum atomic E-state index is 3.25. The first-order valence-electron chi connectivity index (χ1n) is 7.88. The zero-order valence-corrected chi connectivity index (χ0v) is 13.2. The molecule has 1 N–H and O–H groups in total. The predicted octanol–water partition coefficient (Wildman–Crippen LogP) is 1.97. The van der Waals surface area contributed by atoms with Crippen molar-refractivity contribution in [3.05, 3.63) is 35.4 Å². The standard InChI is InChI=1S/C17H29N3/c1-15(2)20-12-10-19(11-13-20)14-17-7-5-4-6-16(17)8-9-18-3/h4-7,15,18H,8-14H2,1-3H3. The molecule has 1 aliphatic heterocycles. The molecule has 0 unspecified atom stereocenters. The maximum Gasteiger partial charge on any atom is 0.0237 e. The van der Waals surface area contributed by atoms with Crippen molar-refractivity contribution in [1.29, 1.82) is 0 Å². The summed E-state index contributed by atoms with van der Waals surface area (Å²) >= 11 is 0. The average molecular weight is 275 g/mol. The largest absolute Gasteiger partial charge is 0.319 e. The second-order valence-electron chi connectivity index (χ2n) is 6.03. The topological polar surface area (TPSA) is 18.5 Å². The summed E-state index contributed by atoms with van der Waals surface area (Å²) in [5.74, 6) is 0. The zero-order chi connectivity index (χ0) is 14.4. The minimum absolute atomic E-state index is 0.681. The second kappa shape index (κ2) is 7.77. The Morgan fingerprint density at radius 1 is 1.05 bits per heavy atom. The number of benzene rings is 1. The van der Waals surface area contributed by atoms with E-state index in [1.165, 1.54) is 37.3 Å². The first-order chi connectivity index (χ1) is 9.70. The summed E-state index contributed by atoms with van der Waals surface area (Å²) in [6, 6.07) is 9.57. The summed E-state index contributed by atoms with van der Waals surface area (Å²) < 4.78 is 0. The van der Waals surface area contributed by atoms with Gasteiger partial charge in [-0.2, -0.15) is 0 Å². The van der Waals surface area contributed by atoms with E-state index in [-0.39, 0.29) is 0 Å². The van der Waals surface area contributed by atoms with Crippen molar-refractivity contribution < 1.29 is 0 Å². The quantitative estimate of drug-likeness (QED) is 0.856. The SMILES string of the molecule is CNCCc1ccccc1CN1CCN(C(C)C)CC1. The number of rotatable bonds is 6. The number of hydrogen-bond acceptors (Lipinski definition) is 3. The van der Waals surface area contributed by atoms with Crippen LogP contribution in [0.4, 0.5) is 0 Å². The van der Waals surface area contributed by atoms with Gasteiger partial charge in [-0.25, -0.2) is 0 Å². The number of nitrogens with zero attached hydrogens (tertiary/aromatic N) is 2. The molecule has 3 nitrogen and oxygen atoms in total. The van der Waals surface area contributed by atoms with Gasteiger partial charge in [0.25, 0.3) is 0 Å². The molecular formula is C17H29N3. The molecule has 1 aromatic carbocycles. The molecule has 1 aromatic rings. The van der Waals surface area contributed by atoms with Crippen LogP contribution in [-0.2, 0) is 13.0 Å². The van der Waals surface area contributed by atoms with Gasteiger partial charge in [0, 0.05) is 38.8 Å². The van der Waals surface area contributed by atoms with Crippen LogP contribution in [0.15, 0.2) is 24.3 Å². The van der Waals surface area contributed by atoms with E-state index in [1.54, 1.807) is 0 Å². The van der Waals surface area contributed by atoms with Crippen LogP contribution in [0.25, 0.3) is 0 Å². The maximum absolute atomic E-state index is 3.25. The Labute approximate surface area is 124 Å². The molecule has 1 saturated heterocycles. The van der Waals surface area contributed by atoms with Crippen molar-refractivity contribution in [2.75, 3.05) is 39.8 Å². The summed E-state index contributed by atoms with van der Waals surface area (Å²) in [6.45, 7) is 11.5. The van der Waals surface area contributed by atoms with E-state index in [2.05, 4.69) is 53.2 Å². The lowest BCUT2D eigenvalue weighted by atomic mass is 10.0. The molecule has 1 fully saturated rings. The normalized spacial score (nSPS) is 17.8. The van der Waals surface area contributed by atoms with E-state index in [9.17, 15) is 0 Å². The molecule has 112 valence electrons. The lowest BCUT2D eigenvalue weighted by Crippen LogP contribution is -2.48. The molecule has 0 saturated carbocycles. The minimum Gasteiger partial charge on any atom is -0.319 e. The van der Waals surface area contributed by atoms with Crippen molar-refractivity contribution in [2.45, 2.75) is 32.9 Å². The molecule has 2 rings (SSSR count). The van der Waals surface area contributed by atoms with Gasteiger partial charge in [0.1, 0.15) is 0 Å². The molecule has 1 heterocycles. The average Bonchev–Trinajstić information content (AvgIpc) is 2.47. The van der Waals surface area contributed by atoms with Gasteiger partial charge in [-0.1, -0.05) is 24.3 Å². The molecule has 0 amide bonds. The monoisotopic (exact) mass is 275 g/mol. The first-order valence-corrected chi connectivity index (χ1v) is 7.88. The van der Waals surface area contributed by atoms with Crippen molar-refractivity contribution >= 4 is 0 Å². The molecule has 20 heavy (non-hydrogen) atoms. The molecule has 0 aliphatic carbocycles. The number of nitrogens with one attached hydrogen (secondary N) is 1. The molecule has 0 atom stereocenters. The lowest BCUT2D eigenvalue weighted by molar-refractivity contribution is 0.104. The Kier molecular flexibility index (Phi) is 6.02. The third kappa shape index (κ3) is 4.30. The summed E-state index contributed by atoms with van der Waals surface area (Å²) in [5.41, 5.74) is 2.99. The summed E-state index contributed by atoms with van der Waals surface area (Å²) in [6.07, 6.45) is 1.12.